The molecule has 1 aliphatic rings. The summed E-state index contributed by atoms with van der Waals surface area (Å²) in [6.07, 6.45) is 2.77. The Balaban J connectivity index is 1.99. The van der Waals surface area contributed by atoms with E-state index in [1.807, 2.05) is 0 Å². The van der Waals surface area contributed by atoms with Crippen molar-refractivity contribution in [2.75, 3.05) is 39.5 Å². The quantitative estimate of drug-likeness (QED) is 0.623. The van der Waals surface area contributed by atoms with E-state index in [4.69, 9.17) is 9.47 Å². The highest BCUT2D eigenvalue weighted by molar-refractivity contribution is 5.06. The summed E-state index contributed by atoms with van der Waals surface area (Å²) in [4.78, 5) is 0. The van der Waals surface area contributed by atoms with Gasteiger partial charge in [-0.05, 0) is 17.9 Å². The number of hydrogen-bond donors (Lipinski definition) is 2. The fraction of sp³-hybridized carbons (Fsp3) is 0.846. The molecule has 1 rings (SSSR count). The zero-order chi connectivity index (χ0) is 12.5. The lowest BCUT2D eigenvalue weighted by atomic mass is 10.2. The molecule has 4 nitrogen and oxygen atoms in total. The fourth-order valence-electron chi connectivity index (χ4n) is 1.63. The van der Waals surface area contributed by atoms with Gasteiger partial charge in [0.25, 0.3) is 0 Å². The lowest BCUT2D eigenvalue weighted by Crippen LogP contribution is -2.32. The molecule has 17 heavy (non-hydrogen) atoms. The van der Waals surface area contributed by atoms with Gasteiger partial charge in [0.2, 0.25) is 0 Å². The molecule has 0 fully saturated rings. The summed E-state index contributed by atoms with van der Waals surface area (Å²) in [6.45, 7) is 8.20. The van der Waals surface area contributed by atoms with Crippen LogP contribution in [0.15, 0.2) is 11.6 Å². The lowest BCUT2D eigenvalue weighted by Gasteiger charge is -2.16. The summed E-state index contributed by atoms with van der Waals surface area (Å²) in [5, 5.41) is 12.9. The van der Waals surface area contributed by atoms with Gasteiger partial charge in [-0.1, -0.05) is 19.9 Å². The molecule has 0 aromatic carbocycles. The topological polar surface area (TPSA) is 50.7 Å². The van der Waals surface area contributed by atoms with Crippen molar-refractivity contribution in [2.24, 2.45) is 5.92 Å². The van der Waals surface area contributed by atoms with Crippen LogP contribution in [0.25, 0.3) is 0 Å². The Bertz CT molecular complexity index is 229. The number of rotatable bonds is 8. The van der Waals surface area contributed by atoms with Gasteiger partial charge in [0.15, 0.2) is 0 Å². The Hall–Kier alpha value is -0.420. The van der Waals surface area contributed by atoms with E-state index in [0.717, 1.165) is 19.6 Å². The van der Waals surface area contributed by atoms with E-state index in [9.17, 15) is 5.11 Å². The summed E-state index contributed by atoms with van der Waals surface area (Å²) in [5.74, 6) is 0.514. The van der Waals surface area contributed by atoms with Gasteiger partial charge < -0.3 is 19.9 Å². The number of aliphatic hydroxyl groups excluding tert-OH is 1. The summed E-state index contributed by atoms with van der Waals surface area (Å²) in [5.41, 5.74) is 1.27. The molecule has 1 atom stereocenters. The second-order valence-electron chi connectivity index (χ2n) is 4.92. The minimum Gasteiger partial charge on any atom is -0.389 e. The van der Waals surface area contributed by atoms with Gasteiger partial charge in [0, 0.05) is 19.7 Å². The molecule has 0 bridgehead atoms. The Labute approximate surface area is 104 Å². The van der Waals surface area contributed by atoms with Crippen LogP contribution < -0.4 is 5.32 Å². The number of nitrogens with one attached hydrogen (secondary N) is 1. The molecule has 1 unspecified atom stereocenters. The highest BCUT2D eigenvalue weighted by Gasteiger charge is 2.07. The molecule has 0 saturated heterocycles. The number of aliphatic hydroxyl groups is 1. The highest BCUT2D eigenvalue weighted by atomic mass is 16.5. The molecule has 1 aliphatic heterocycles. The van der Waals surface area contributed by atoms with Gasteiger partial charge in [-0.3, -0.25) is 0 Å². The first-order valence-corrected chi connectivity index (χ1v) is 6.40. The summed E-state index contributed by atoms with van der Waals surface area (Å²) < 4.78 is 10.7. The van der Waals surface area contributed by atoms with E-state index < -0.39 is 6.10 Å². The molecule has 0 spiro atoms. The van der Waals surface area contributed by atoms with Gasteiger partial charge in [-0.25, -0.2) is 0 Å². The third-order valence-electron chi connectivity index (χ3n) is 2.48. The summed E-state index contributed by atoms with van der Waals surface area (Å²) in [7, 11) is 0. The molecule has 0 amide bonds. The molecule has 4 heteroatoms. The Kier molecular flexibility index (Phi) is 7.44. The van der Waals surface area contributed by atoms with E-state index in [2.05, 4.69) is 25.2 Å². The van der Waals surface area contributed by atoms with Gasteiger partial charge in [0.1, 0.15) is 0 Å². The first-order chi connectivity index (χ1) is 8.18. The van der Waals surface area contributed by atoms with Crippen LogP contribution in [0, 0.1) is 5.92 Å². The van der Waals surface area contributed by atoms with Crippen LogP contribution in [0.5, 0.6) is 0 Å². The van der Waals surface area contributed by atoms with E-state index in [1.165, 1.54) is 5.57 Å². The molecule has 0 aromatic rings. The van der Waals surface area contributed by atoms with Crippen molar-refractivity contribution < 1.29 is 14.6 Å². The maximum Gasteiger partial charge on any atom is 0.0897 e. The standard InChI is InChI=1S/C13H25NO3/c1-11(2)8-17-10-13(15)7-14-6-12-4-3-5-16-9-12/h4,11,13-15H,3,5-10H2,1-2H3. The number of ether oxygens (including phenoxy) is 2. The van der Waals surface area contributed by atoms with Crippen molar-refractivity contribution in [3.63, 3.8) is 0 Å². The average Bonchev–Trinajstić information content (AvgIpc) is 2.30. The Morgan fingerprint density at radius 3 is 2.94 bits per heavy atom. The van der Waals surface area contributed by atoms with Crippen LogP contribution in [0.1, 0.15) is 20.3 Å². The normalized spacial score (nSPS) is 18.2. The van der Waals surface area contributed by atoms with Crippen molar-refractivity contribution in [2.45, 2.75) is 26.4 Å². The van der Waals surface area contributed by atoms with Crippen LogP contribution in [0.3, 0.4) is 0 Å². The third kappa shape index (κ3) is 7.49. The van der Waals surface area contributed by atoms with Crippen molar-refractivity contribution in [3.8, 4) is 0 Å². The zero-order valence-corrected chi connectivity index (χ0v) is 10.9. The first-order valence-electron chi connectivity index (χ1n) is 6.40. The maximum atomic E-state index is 9.65. The molecule has 100 valence electrons. The second-order valence-corrected chi connectivity index (χ2v) is 4.92. The van der Waals surface area contributed by atoms with Crippen molar-refractivity contribution in [1.29, 1.82) is 0 Å². The van der Waals surface area contributed by atoms with Crippen molar-refractivity contribution in [1.82, 2.24) is 5.32 Å². The van der Waals surface area contributed by atoms with Crippen LogP contribution >= 0.6 is 0 Å². The van der Waals surface area contributed by atoms with Gasteiger partial charge >= 0.3 is 0 Å². The Morgan fingerprint density at radius 2 is 2.29 bits per heavy atom. The third-order valence-corrected chi connectivity index (χ3v) is 2.48. The Morgan fingerprint density at radius 1 is 1.47 bits per heavy atom. The molecule has 0 aliphatic carbocycles. The van der Waals surface area contributed by atoms with Gasteiger partial charge in [0.05, 0.1) is 25.9 Å². The predicted octanol–water partition coefficient (Wildman–Crippen LogP) is 0.956. The fourth-order valence-corrected chi connectivity index (χ4v) is 1.63. The van der Waals surface area contributed by atoms with Crippen LogP contribution in [-0.4, -0.2) is 50.7 Å². The van der Waals surface area contributed by atoms with Crippen molar-refractivity contribution in [3.05, 3.63) is 11.6 Å². The SMILES string of the molecule is CC(C)COCC(O)CNCC1=CCCOC1. The first kappa shape index (κ1) is 14.6. The molecule has 2 N–H and O–H groups in total. The van der Waals surface area contributed by atoms with Gasteiger partial charge in [-0.2, -0.15) is 0 Å². The van der Waals surface area contributed by atoms with Crippen LogP contribution in [0.4, 0.5) is 0 Å². The molecule has 0 aromatic heterocycles. The summed E-state index contributed by atoms with van der Waals surface area (Å²) >= 11 is 0. The summed E-state index contributed by atoms with van der Waals surface area (Å²) in [6, 6.07) is 0. The highest BCUT2D eigenvalue weighted by Crippen LogP contribution is 2.03. The molecular weight excluding hydrogens is 218 g/mol. The maximum absolute atomic E-state index is 9.65. The van der Waals surface area contributed by atoms with E-state index in [-0.39, 0.29) is 0 Å². The predicted molar refractivity (Wildman–Crippen MR) is 68.1 cm³/mol. The monoisotopic (exact) mass is 243 g/mol. The van der Waals surface area contributed by atoms with Crippen LogP contribution in [-0.2, 0) is 9.47 Å². The zero-order valence-electron chi connectivity index (χ0n) is 10.9. The van der Waals surface area contributed by atoms with Crippen LogP contribution in [0.2, 0.25) is 0 Å². The van der Waals surface area contributed by atoms with E-state index in [0.29, 0.717) is 32.3 Å². The second kappa shape index (κ2) is 8.64. The lowest BCUT2D eigenvalue weighted by molar-refractivity contribution is 0.0263. The minimum atomic E-state index is -0.432. The molecule has 0 radical (unpaired) electrons. The van der Waals surface area contributed by atoms with E-state index in [1.54, 1.807) is 0 Å². The molecule has 1 heterocycles. The smallest absolute Gasteiger partial charge is 0.0897 e. The van der Waals surface area contributed by atoms with E-state index >= 15 is 0 Å². The largest absolute Gasteiger partial charge is 0.389 e. The minimum absolute atomic E-state index is 0.403. The van der Waals surface area contributed by atoms with Crippen molar-refractivity contribution >= 4 is 0 Å². The molecular formula is C13H25NO3. The average molecular weight is 243 g/mol. The van der Waals surface area contributed by atoms with Gasteiger partial charge in [-0.15, -0.1) is 0 Å². The molecule has 0 saturated carbocycles. The number of hydrogen-bond acceptors (Lipinski definition) is 4.